The maximum Gasteiger partial charge on any atom is 0.139 e. The highest BCUT2D eigenvalue weighted by Gasteiger charge is 2.06. The van der Waals surface area contributed by atoms with E-state index in [1.165, 1.54) is 0 Å². The van der Waals surface area contributed by atoms with Crippen LogP contribution in [-0.4, -0.2) is 18.7 Å². The van der Waals surface area contributed by atoms with Crippen LogP contribution in [0.15, 0.2) is 18.2 Å². The van der Waals surface area contributed by atoms with Crippen LogP contribution in [0.25, 0.3) is 0 Å². The van der Waals surface area contributed by atoms with Gasteiger partial charge in [-0.25, -0.2) is 0 Å². The predicted molar refractivity (Wildman–Crippen MR) is 51.8 cm³/mol. The Hall–Kier alpha value is -1.18. The van der Waals surface area contributed by atoms with Gasteiger partial charge in [-0.2, -0.15) is 0 Å². The summed E-state index contributed by atoms with van der Waals surface area (Å²) >= 11 is 0. The van der Waals surface area contributed by atoms with E-state index in [-0.39, 0.29) is 0 Å². The number of hydrogen-bond acceptors (Lipinski definition) is 2. The van der Waals surface area contributed by atoms with E-state index in [9.17, 15) is 5.11 Å². The molecule has 0 aromatic heterocycles. The smallest absolute Gasteiger partial charge is 0.139 e. The minimum Gasteiger partial charge on any atom is -0.506 e. The second kappa shape index (κ2) is 3.48. The first-order valence-corrected chi connectivity index (χ1v) is 4.16. The first-order chi connectivity index (χ1) is 5.66. The van der Waals surface area contributed by atoms with Crippen LogP contribution < -0.4 is 4.90 Å². The number of para-hydroxylation sites is 1. The summed E-state index contributed by atoms with van der Waals surface area (Å²) in [5.41, 5.74) is 2.04. The number of anilines is 1. The van der Waals surface area contributed by atoms with Crippen LogP contribution in [0.2, 0.25) is 0 Å². The molecule has 0 aliphatic rings. The Kier molecular flexibility index (Phi) is 2.58. The van der Waals surface area contributed by atoms with Crippen molar-refractivity contribution in [1.82, 2.24) is 0 Å². The largest absolute Gasteiger partial charge is 0.506 e. The molecule has 0 saturated carbocycles. The number of hydrogen-bond donors (Lipinski definition) is 1. The van der Waals surface area contributed by atoms with Crippen molar-refractivity contribution in [3.63, 3.8) is 0 Å². The maximum atomic E-state index is 9.55. The third kappa shape index (κ3) is 1.52. The van der Waals surface area contributed by atoms with Crippen molar-refractivity contribution in [2.45, 2.75) is 13.8 Å². The fourth-order valence-electron chi connectivity index (χ4n) is 1.30. The van der Waals surface area contributed by atoms with Gasteiger partial charge in [-0.05, 0) is 25.5 Å². The van der Waals surface area contributed by atoms with Gasteiger partial charge in [0.1, 0.15) is 5.75 Å². The Balaban J connectivity index is 3.12. The normalized spacial score (nSPS) is 9.92. The van der Waals surface area contributed by atoms with E-state index in [0.717, 1.165) is 17.8 Å². The molecule has 0 heterocycles. The fraction of sp³-hybridized carbons (Fsp3) is 0.400. The van der Waals surface area contributed by atoms with E-state index in [1.54, 1.807) is 6.07 Å². The molecule has 0 aliphatic carbocycles. The van der Waals surface area contributed by atoms with Gasteiger partial charge in [0.05, 0.1) is 5.69 Å². The van der Waals surface area contributed by atoms with Gasteiger partial charge in [-0.3, -0.25) is 0 Å². The summed E-state index contributed by atoms with van der Waals surface area (Å²) in [6.45, 7) is 4.96. The van der Waals surface area contributed by atoms with Crippen LogP contribution in [0.4, 0.5) is 5.69 Å². The first kappa shape index (κ1) is 8.91. The minimum atomic E-state index is 0.361. The topological polar surface area (TPSA) is 23.5 Å². The van der Waals surface area contributed by atoms with Crippen molar-refractivity contribution in [2.24, 2.45) is 0 Å². The highest BCUT2D eigenvalue weighted by Crippen LogP contribution is 2.29. The zero-order chi connectivity index (χ0) is 9.14. The van der Waals surface area contributed by atoms with Crippen LogP contribution in [0, 0.1) is 6.92 Å². The van der Waals surface area contributed by atoms with E-state index >= 15 is 0 Å². The van der Waals surface area contributed by atoms with E-state index in [2.05, 4.69) is 6.92 Å². The number of nitrogens with zero attached hydrogens (tertiary/aromatic N) is 1. The summed E-state index contributed by atoms with van der Waals surface area (Å²) in [7, 11) is 1.97. The van der Waals surface area contributed by atoms with E-state index < -0.39 is 0 Å². The molecule has 1 rings (SSSR count). The lowest BCUT2D eigenvalue weighted by molar-refractivity contribution is 0.474. The van der Waals surface area contributed by atoms with Crippen LogP contribution in [0.5, 0.6) is 5.75 Å². The molecule has 0 saturated heterocycles. The Labute approximate surface area is 73.4 Å². The van der Waals surface area contributed by atoms with Gasteiger partial charge in [0, 0.05) is 13.6 Å². The van der Waals surface area contributed by atoms with E-state index in [1.807, 2.05) is 31.0 Å². The molecule has 1 N–H and O–H groups in total. The molecule has 0 spiro atoms. The van der Waals surface area contributed by atoms with E-state index in [0.29, 0.717) is 5.75 Å². The Bertz CT molecular complexity index is 250. The summed E-state index contributed by atoms with van der Waals surface area (Å²) in [5.74, 6) is 0.361. The van der Waals surface area contributed by atoms with Crippen molar-refractivity contribution in [2.75, 3.05) is 18.5 Å². The number of aryl methyl sites for hydroxylation is 1. The Morgan fingerprint density at radius 1 is 1.42 bits per heavy atom. The first-order valence-electron chi connectivity index (χ1n) is 4.16. The summed E-state index contributed by atoms with van der Waals surface area (Å²) in [5, 5.41) is 9.55. The molecule has 1 aromatic carbocycles. The number of benzene rings is 1. The highest BCUT2D eigenvalue weighted by molar-refractivity contribution is 5.62. The van der Waals surface area contributed by atoms with Gasteiger partial charge >= 0.3 is 0 Å². The summed E-state index contributed by atoms with van der Waals surface area (Å²) in [4.78, 5) is 2.03. The van der Waals surface area contributed by atoms with Crippen molar-refractivity contribution in [1.29, 1.82) is 0 Å². The second-order valence-corrected chi connectivity index (χ2v) is 2.96. The third-order valence-electron chi connectivity index (χ3n) is 2.07. The van der Waals surface area contributed by atoms with Crippen molar-refractivity contribution < 1.29 is 5.11 Å². The summed E-state index contributed by atoms with van der Waals surface area (Å²) in [6, 6.07) is 5.58. The number of phenolic OH excluding ortho intramolecular Hbond substituents is 1. The average molecular weight is 165 g/mol. The van der Waals surface area contributed by atoms with Gasteiger partial charge in [-0.1, -0.05) is 12.1 Å². The summed E-state index contributed by atoms with van der Waals surface area (Å²) in [6.07, 6.45) is 0. The zero-order valence-electron chi connectivity index (χ0n) is 7.83. The Morgan fingerprint density at radius 2 is 2.08 bits per heavy atom. The lowest BCUT2D eigenvalue weighted by Crippen LogP contribution is -2.16. The maximum absolute atomic E-state index is 9.55. The molecule has 0 unspecified atom stereocenters. The fourth-order valence-corrected chi connectivity index (χ4v) is 1.30. The van der Waals surface area contributed by atoms with Crippen LogP contribution in [0.3, 0.4) is 0 Å². The van der Waals surface area contributed by atoms with Crippen molar-refractivity contribution >= 4 is 5.69 Å². The molecular weight excluding hydrogens is 150 g/mol. The molecule has 0 bridgehead atoms. The quantitative estimate of drug-likeness (QED) is 0.725. The number of rotatable bonds is 2. The number of phenols is 1. The van der Waals surface area contributed by atoms with Crippen molar-refractivity contribution in [3.8, 4) is 5.75 Å². The highest BCUT2D eigenvalue weighted by atomic mass is 16.3. The monoisotopic (exact) mass is 165 g/mol. The van der Waals surface area contributed by atoms with Crippen LogP contribution in [-0.2, 0) is 0 Å². The number of aromatic hydroxyl groups is 1. The standard InChI is InChI=1S/C10H15NO/c1-4-11(3)10-8(2)6-5-7-9(10)12/h5-7,12H,4H2,1-3H3. The van der Waals surface area contributed by atoms with Gasteiger partial charge < -0.3 is 10.0 Å². The molecule has 2 nitrogen and oxygen atoms in total. The van der Waals surface area contributed by atoms with Crippen LogP contribution >= 0.6 is 0 Å². The SMILES string of the molecule is CCN(C)c1c(C)cccc1O. The lowest BCUT2D eigenvalue weighted by atomic mass is 10.1. The molecule has 1 aromatic rings. The third-order valence-corrected chi connectivity index (χ3v) is 2.07. The van der Waals surface area contributed by atoms with Gasteiger partial charge in [0.15, 0.2) is 0 Å². The molecule has 0 atom stereocenters. The predicted octanol–water partition coefficient (Wildman–Crippen LogP) is 2.16. The van der Waals surface area contributed by atoms with Crippen molar-refractivity contribution in [3.05, 3.63) is 23.8 Å². The zero-order valence-corrected chi connectivity index (χ0v) is 7.83. The molecule has 0 radical (unpaired) electrons. The molecule has 0 fully saturated rings. The second-order valence-electron chi connectivity index (χ2n) is 2.96. The average Bonchev–Trinajstić information content (AvgIpc) is 2.03. The molecular formula is C10H15NO. The van der Waals surface area contributed by atoms with Gasteiger partial charge in [0.2, 0.25) is 0 Å². The molecule has 0 amide bonds. The molecule has 12 heavy (non-hydrogen) atoms. The molecule has 66 valence electrons. The van der Waals surface area contributed by atoms with Gasteiger partial charge in [0.25, 0.3) is 0 Å². The molecule has 2 heteroatoms. The summed E-state index contributed by atoms with van der Waals surface area (Å²) < 4.78 is 0. The minimum absolute atomic E-state index is 0.361. The van der Waals surface area contributed by atoms with Gasteiger partial charge in [-0.15, -0.1) is 0 Å². The van der Waals surface area contributed by atoms with E-state index in [4.69, 9.17) is 0 Å². The lowest BCUT2D eigenvalue weighted by Gasteiger charge is -2.20. The Morgan fingerprint density at radius 3 is 2.58 bits per heavy atom. The van der Waals surface area contributed by atoms with Crippen LogP contribution in [0.1, 0.15) is 12.5 Å². The molecule has 0 aliphatic heterocycles.